The number of sulfonamides is 1. The zero-order valence-electron chi connectivity index (χ0n) is 14.7. The summed E-state index contributed by atoms with van der Waals surface area (Å²) in [6.07, 6.45) is -0.303. The molecule has 0 radical (unpaired) electrons. The molecule has 0 bridgehead atoms. The summed E-state index contributed by atoms with van der Waals surface area (Å²) in [6.45, 7) is -0.215. The molecule has 13 heteroatoms. The molecule has 1 aromatic heterocycles. The number of carbonyl (C=O) groups is 1. The minimum Gasteiger partial charge on any atom is -0.389 e. The highest BCUT2D eigenvalue weighted by atomic mass is 32.2. The van der Waals surface area contributed by atoms with E-state index in [1.54, 1.807) is 0 Å². The molecule has 2 aromatic rings. The number of nitrogens with one attached hydrogen (secondary N) is 2. The topological polar surface area (TPSA) is 110 Å². The molecule has 0 saturated carbocycles. The maximum Gasteiger partial charge on any atom is 0.275 e. The van der Waals surface area contributed by atoms with Gasteiger partial charge in [0.2, 0.25) is 10.0 Å². The van der Waals surface area contributed by atoms with E-state index in [9.17, 15) is 35.9 Å². The summed E-state index contributed by atoms with van der Waals surface area (Å²) in [5, 5.41) is 11.6. The van der Waals surface area contributed by atoms with E-state index in [0.717, 1.165) is 10.8 Å². The second kappa shape index (κ2) is 7.74. The standard InChI is InChI=1S/C16H15F4N3O5S/c1-23-4-12(29(26,27)22-10-5-28-6-11(10)24)14(20)15(23)16(25)21-7-2-8(17)13(19)9(18)3-7/h2-4,10-11,22,24H,5-6H2,1H3,(H,21,25)/t10-,11-/m1/s1. The van der Waals surface area contributed by atoms with E-state index in [2.05, 4.69) is 4.72 Å². The van der Waals surface area contributed by atoms with Gasteiger partial charge in [-0.1, -0.05) is 0 Å². The molecular weight excluding hydrogens is 422 g/mol. The number of ether oxygens (including phenoxy) is 1. The number of aromatic nitrogens is 1. The third-order valence-corrected chi connectivity index (χ3v) is 5.67. The lowest BCUT2D eigenvalue weighted by atomic mass is 10.2. The molecule has 0 aliphatic carbocycles. The molecule has 3 rings (SSSR count). The highest BCUT2D eigenvalue weighted by Gasteiger charge is 2.34. The maximum absolute atomic E-state index is 14.7. The Kier molecular flexibility index (Phi) is 5.67. The molecule has 0 spiro atoms. The zero-order valence-corrected chi connectivity index (χ0v) is 15.6. The number of anilines is 1. The van der Waals surface area contributed by atoms with Crippen molar-refractivity contribution >= 4 is 21.6 Å². The predicted molar refractivity (Wildman–Crippen MR) is 90.6 cm³/mol. The van der Waals surface area contributed by atoms with Crippen molar-refractivity contribution in [1.82, 2.24) is 9.29 Å². The van der Waals surface area contributed by atoms with Crippen LogP contribution in [0.3, 0.4) is 0 Å². The van der Waals surface area contributed by atoms with E-state index < -0.39 is 67.6 Å². The summed E-state index contributed by atoms with van der Waals surface area (Å²) in [6, 6.07) is -0.0301. The van der Waals surface area contributed by atoms with Crippen LogP contribution in [0.15, 0.2) is 23.2 Å². The number of hydrogen-bond donors (Lipinski definition) is 3. The molecule has 1 aliphatic heterocycles. The summed E-state index contributed by atoms with van der Waals surface area (Å²) in [7, 11) is -3.29. The van der Waals surface area contributed by atoms with E-state index in [1.165, 1.54) is 7.05 Å². The number of carbonyl (C=O) groups excluding carboxylic acids is 1. The highest BCUT2D eigenvalue weighted by molar-refractivity contribution is 7.89. The Hall–Kier alpha value is -2.48. The third-order valence-electron chi connectivity index (χ3n) is 4.19. The van der Waals surface area contributed by atoms with Crippen molar-refractivity contribution in [2.75, 3.05) is 18.5 Å². The van der Waals surface area contributed by atoms with Crippen molar-refractivity contribution in [3.63, 3.8) is 0 Å². The van der Waals surface area contributed by atoms with Crippen LogP contribution in [0.4, 0.5) is 23.2 Å². The first-order valence-corrected chi connectivity index (χ1v) is 9.58. The van der Waals surface area contributed by atoms with Gasteiger partial charge < -0.3 is 19.7 Å². The molecule has 3 N–H and O–H groups in total. The van der Waals surface area contributed by atoms with Crippen molar-refractivity contribution in [3.8, 4) is 0 Å². The van der Waals surface area contributed by atoms with Gasteiger partial charge in [0.05, 0.1) is 25.4 Å². The van der Waals surface area contributed by atoms with Gasteiger partial charge in [-0.25, -0.2) is 30.7 Å². The Morgan fingerprint density at radius 2 is 1.79 bits per heavy atom. The van der Waals surface area contributed by atoms with E-state index >= 15 is 0 Å². The number of aliphatic hydroxyl groups excluding tert-OH is 1. The van der Waals surface area contributed by atoms with E-state index in [-0.39, 0.29) is 13.2 Å². The van der Waals surface area contributed by atoms with Crippen molar-refractivity contribution in [3.05, 3.63) is 47.3 Å². The quantitative estimate of drug-likeness (QED) is 0.475. The third kappa shape index (κ3) is 4.12. The van der Waals surface area contributed by atoms with Crippen LogP contribution >= 0.6 is 0 Å². The van der Waals surface area contributed by atoms with E-state index in [4.69, 9.17) is 4.74 Å². The lowest BCUT2D eigenvalue weighted by Gasteiger charge is -2.14. The van der Waals surface area contributed by atoms with E-state index in [1.807, 2.05) is 5.32 Å². The first-order chi connectivity index (χ1) is 13.5. The van der Waals surface area contributed by atoms with Crippen LogP contribution in [-0.4, -0.2) is 49.4 Å². The van der Waals surface area contributed by atoms with E-state index in [0.29, 0.717) is 12.1 Å². The molecule has 158 valence electrons. The smallest absolute Gasteiger partial charge is 0.275 e. The van der Waals surface area contributed by atoms with Gasteiger partial charge in [0.15, 0.2) is 23.3 Å². The van der Waals surface area contributed by atoms with Gasteiger partial charge in [0.25, 0.3) is 5.91 Å². The van der Waals surface area contributed by atoms with Gasteiger partial charge >= 0.3 is 0 Å². The average Bonchev–Trinajstić information content (AvgIpc) is 3.15. The Morgan fingerprint density at radius 1 is 1.17 bits per heavy atom. The van der Waals surface area contributed by atoms with Crippen molar-refractivity contribution < 1.29 is 40.6 Å². The lowest BCUT2D eigenvalue weighted by Crippen LogP contribution is -2.42. The van der Waals surface area contributed by atoms with Crippen LogP contribution in [0.1, 0.15) is 10.5 Å². The van der Waals surface area contributed by atoms with Crippen LogP contribution in [0, 0.1) is 23.3 Å². The Bertz CT molecular complexity index is 1050. The average molecular weight is 437 g/mol. The van der Waals surface area contributed by atoms with Crippen LogP contribution in [0.5, 0.6) is 0 Å². The molecule has 1 aromatic carbocycles. The minimum atomic E-state index is -4.47. The normalized spacial score (nSPS) is 19.5. The second-order valence-corrected chi connectivity index (χ2v) is 7.99. The molecule has 2 heterocycles. The predicted octanol–water partition coefficient (Wildman–Crippen LogP) is 0.872. The fraction of sp³-hybridized carbons (Fsp3) is 0.312. The van der Waals surface area contributed by atoms with Gasteiger partial charge in [-0.15, -0.1) is 0 Å². The molecule has 1 amide bonds. The molecule has 8 nitrogen and oxygen atoms in total. The summed E-state index contributed by atoms with van der Waals surface area (Å²) < 4.78 is 87.0. The summed E-state index contributed by atoms with van der Waals surface area (Å²) in [4.78, 5) is 11.4. The number of aliphatic hydroxyl groups is 1. The Morgan fingerprint density at radius 3 is 2.34 bits per heavy atom. The van der Waals surface area contributed by atoms with Crippen molar-refractivity contribution in [1.29, 1.82) is 0 Å². The maximum atomic E-state index is 14.7. The number of amides is 1. The second-order valence-electron chi connectivity index (χ2n) is 6.31. The molecule has 1 aliphatic rings. The Balaban J connectivity index is 1.88. The summed E-state index contributed by atoms with van der Waals surface area (Å²) in [5.41, 5.74) is -1.25. The molecule has 2 atom stereocenters. The minimum absolute atomic E-state index is 0.0943. The monoisotopic (exact) mass is 437 g/mol. The number of benzene rings is 1. The number of nitrogens with zero attached hydrogens (tertiary/aromatic N) is 1. The van der Waals surface area contributed by atoms with Crippen molar-refractivity contribution in [2.24, 2.45) is 7.05 Å². The van der Waals surface area contributed by atoms with Crippen LogP contribution in [0.2, 0.25) is 0 Å². The highest BCUT2D eigenvalue weighted by Crippen LogP contribution is 2.23. The molecule has 29 heavy (non-hydrogen) atoms. The van der Waals surface area contributed by atoms with Gasteiger partial charge in [0.1, 0.15) is 10.6 Å². The molecule has 1 saturated heterocycles. The first kappa shape index (κ1) is 21.2. The fourth-order valence-corrected chi connectivity index (χ4v) is 4.13. The summed E-state index contributed by atoms with van der Waals surface area (Å²) in [5.74, 6) is -7.53. The lowest BCUT2D eigenvalue weighted by molar-refractivity contribution is 0.101. The SMILES string of the molecule is Cn1cc(S(=O)(=O)N[C@@H]2COC[C@H]2O)c(F)c1C(=O)Nc1cc(F)c(F)c(F)c1. The fourth-order valence-electron chi connectivity index (χ4n) is 2.75. The number of rotatable bonds is 5. The number of halogens is 4. The van der Waals surface area contributed by atoms with Crippen LogP contribution in [0.25, 0.3) is 0 Å². The number of aryl methyl sites for hydroxylation is 1. The van der Waals surface area contributed by atoms with Crippen molar-refractivity contribution in [2.45, 2.75) is 17.0 Å². The van der Waals surface area contributed by atoms with Gasteiger partial charge in [-0.2, -0.15) is 0 Å². The molecule has 1 fully saturated rings. The van der Waals surface area contributed by atoms with Crippen LogP contribution in [-0.2, 0) is 21.8 Å². The Labute approximate surface area is 162 Å². The zero-order chi connectivity index (χ0) is 21.5. The van der Waals surface area contributed by atoms with Gasteiger partial charge in [-0.05, 0) is 0 Å². The van der Waals surface area contributed by atoms with Crippen LogP contribution < -0.4 is 10.0 Å². The largest absolute Gasteiger partial charge is 0.389 e. The number of hydrogen-bond acceptors (Lipinski definition) is 5. The first-order valence-electron chi connectivity index (χ1n) is 8.10. The molecule has 0 unspecified atom stereocenters. The molecular formula is C16H15F4N3O5S. The van der Waals surface area contributed by atoms with Gasteiger partial charge in [0, 0.05) is 31.1 Å². The summed E-state index contributed by atoms with van der Waals surface area (Å²) >= 11 is 0. The van der Waals surface area contributed by atoms with Gasteiger partial charge in [-0.3, -0.25) is 4.79 Å².